The Morgan fingerprint density at radius 2 is 1.92 bits per heavy atom. The molecule has 0 unspecified atom stereocenters. The lowest BCUT2D eigenvalue weighted by molar-refractivity contribution is 0.0522. The van der Waals surface area contributed by atoms with Crippen LogP contribution in [0.2, 0.25) is 0 Å². The Morgan fingerprint density at radius 3 is 2.73 bits per heavy atom. The molecule has 0 amide bonds. The van der Waals surface area contributed by atoms with Crippen molar-refractivity contribution < 1.29 is 9.53 Å². The van der Waals surface area contributed by atoms with E-state index in [1.807, 2.05) is 32.9 Å². The van der Waals surface area contributed by atoms with E-state index in [1.54, 1.807) is 49.2 Å². The summed E-state index contributed by atoms with van der Waals surface area (Å²) in [6, 6.07) is 8.94. The average molecular weight is 494 g/mol. The molecule has 37 heavy (non-hydrogen) atoms. The molecular weight excluding hydrogens is 470 g/mol. The van der Waals surface area contributed by atoms with Crippen molar-refractivity contribution in [1.29, 1.82) is 0 Å². The number of rotatable bonds is 4. The van der Waals surface area contributed by atoms with Gasteiger partial charge in [-0.15, -0.1) is 0 Å². The summed E-state index contributed by atoms with van der Waals surface area (Å²) in [5, 5.41) is 8.06. The largest absolute Gasteiger partial charge is 0.442 e. The van der Waals surface area contributed by atoms with Crippen molar-refractivity contribution in [3.05, 3.63) is 78.4 Å². The van der Waals surface area contributed by atoms with Crippen LogP contribution in [-0.4, -0.2) is 51.4 Å². The van der Waals surface area contributed by atoms with E-state index < -0.39 is 11.7 Å². The molecule has 0 spiro atoms. The Hall–Kier alpha value is -5.11. The minimum Gasteiger partial charge on any atom is -0.442 e. The highest BCUT2D eigenvalue weighted by Crippen LogP contribution is 2.18. The molecule has 4 heterocycles. The highest BCUT2D eigenvalue weighted by Gasteiger charge is 2.20. The monoisotopic (exact) mass is 493 g/mol. The van der Waals surface area contributed by atoms with Crippen LogP contribution >= 0.6 is 0 Å². The molecule has 184 valence electrons. The van der Waals surface area contributed by atoms with Gasteiger partial charge in [-0.05, 0) is 57.0 Å². The van der Waals surface area contributed by atoms with Crippen LogP contribution in [0.1, 0.15) is 37.9 Å². The second-order valence-electron chi connectivity index (χ2n) is 8.98. The lowest BCUT2D eigenvalue weighted by Gasteiger charge is -2.19. The van der Waals surface area contributed by atoms with Gasteiger partial charge in [0.25, 0.3) is 0 Å². The highest BCUT2D eigenvalue weighted by molar-refractivity contribution is 5.88. The fourth-order valence-corrected chi connectivity index (χ4v) is 3.38. The molecule has 2 N–H and O–H groups in total. The maximum absolute atomic E-state index is 12.4. The van der Waals surface area contributed by atoms with Gasteiger partial charge in [0, 0.05) is 35.7 Å². The van der Waals surface area contributed by atoms with Gasteiger partial charge in [0.05, 0.1) is 18.3 Å². The summed E-state index contributed by atoms with van der Waals surface area (Å²) in [7, 11) is 0. The van der Waals surface area contributed by atoms with Crippen LogP contribution in [0, 0.1) is 11.8 Å². The summed E-state index contributed by atoms with van der Waals surface area (Å²) >= 11 is 0. The van der Waals surface area contributed by atoms with Crippen molar-refractivity contribution in [2.24, 2.45) is 0 Å². The zero-order valence-corrected chi connectivity index (χ0v) is 20.4. The number of hydrogen-bond donors (Lipinski definition) is 2. The molecule has 0 aliphatic heterocycles. The van der Waals surface area contributed by atoms with E-state index in [9.17, 15) is 4.79 Å². The second kappa shape index (κ2) is 9.87. The highest BCUT2D eigenvalue weighted by atomic mass is 16.6. The summed E-state index contributed by atoms with van der Waals surface area (Å²) in [5.41, 5.74) is 1.89. The smallest absolute Gasteiger partial charge is 0.435 e. The molecule has 0 bridgehead atoms. The van der Waals surface area contributed by atoms with E-state index in [0.717, 1.165) is 16.8 Å². The SMILES string of the molecule is CC(C)(C)OC(=O)n1ncc2cc(C#Cc3ccnc(-c4ccnc(NCc5ncc[nH]5)n4)n3)ccc21. The lowest BCUT2D eigenvalue weighted by Crippen LogP contribution is -2.27. The number of fused-ring (bicyclic) bond motifs is 1. The third-order valence-electron chi connectivity index (χ3n) is 4.98. The molecule has 5 rings (SSSR count). The van der Waals surface area contributed by atoms with E-state index in [-0.39, 0.29) is 0 Å². The van der Waals surface area contributed by atoms with Crippen molar-refractivity contribution in [1.82, 2.24) is 39.7 Å². The zero-order valence-electron chi connectivity index (χ0n) is 20.4. The second-order valence-corrected chi connectivity index (χ2v) is 8.98. The van der Waals surface area contributed by atoms with Crippen LogP contribution in [0.4, 0.5) is 10.7 Å². The molecule has 5 aromatic rings. The van der Waals surface area contributed by atoms with E-state index in [2.05, 4.69) is 52.2 Å². The normalized spacial score (nSPS) is 11.1. The third-order valence-corrected chi connectivity index (χ3v) is 4.98. The van der Waals surface area contributed by atoms with Gasteiger partial charge >= 0.3 is 6.09 Å². The number of benzene rings is 1. The molecule has 11 heteroatoms. The maximum atomic E-state index is 12.4. The number of aromatic nitrogens is 8. The van der Waals surface area contributed by atoms with E-state index in [4.69, 9.17) is 4.74 Å². The first-order valence-electron chi connectivity index (χ1n) is 11.5. The fraction of sp³-hybridized carbons (Fsp3) is 0.192. The number of aromatic amines is 1. The number of H-pyrrole nitrogens is 1. The number of nitrogens with zero attached hydrogens (tertiary/aromatic N) is 7. The summed E-state index contributed by atoms with van der Waals surface area (Å²) in [6.07, 6.45) is 7.80. The van der Waals surface area contributed by atoms with Crippen LogP contribution in [-0.2, 0) is 11.3 Å². The van der Waals surface area contributed by atoms with Crippen LogP contribution in [0.25, 0.3) is 22.4 Å². The molecule has 0 fully saturated rings. The summed E-state index contributed by atoms with van der Waals surface area (Å²) in [5.74, 6) is 7.82. The topological polar surface area (TPSA) is 136 Å². The average Bonchev–Trinajstić information content (AvgIpc) is 3.55. The summed E-state index contributed by atoms with van der Waals surface area (Å²) < 4.78 is 6.66. The van der Waals surface area contributed by atoms with Gasteiger partial charge < -0.3 is 15.0 Å². The van der Waals surface area contributed by atoms with Crippen molar-refractivity contribution in [2.45, 2.75) is 32.9 Å². The predicted octanol–water partition coefficient (Wildman–Crippen LogP) is 3.80. The molecule has 0 radical (unpaired) electrons. The standard InChI is InChI=1S/C26H23N9O2/c1-26(2,3)37-25(36)35-21-7-5-17(14-18(21)15-32-35)4-6-19-8-10-29-23(33-19)20-9-11-30-24(34-20)31-16-22-27-12-13-28-22/h5,7-15H,16H2,1-3H3,(H,27,28)(H,30,31,34). The Kier molecular flexibility index (Phi) is 6.30. The number of imidazole rings is 1. The summed E-state index contributed by atoms with van der Waals surface area (Å²) in [4.78, 5) is 37.2. The number of anilines is 1. The van der Waals surface area contributed by atoms with Gasteiger partial charge in [0.15, 0.2) is 5.82 Å². The maximum Gasteiger partial charge on any atom is 0.435 e. The molecule has 0 saturated heterocycles. The molecule has 1 aromatic carbocycles. The summed E-state index contributed by atoms with van der Waals surface area (Å²) in [6.45, 7) is 5.90. The van der Waals surface area contributed by atoms with Crippen LogP contribution in [0.5, 0.6) is 0 Å². The van der Waals surface area contributed by atoms with E-state index in [1.165, 1.54) is 4.68 Å². The fourth-order valence-electron chi connectivity index (χ4n) is 3.38. The minimum atomic E-state index is -0.610. The van der Waals surface area contributed by atoms with Gasteiger partial charge in [-0.2, -0.15) is 9.78 Å². The Labute approximate surface area is 212 Å². The van der Waals surface area contributed by atoms with Gasteiger partial charge in [0.1, 0.15) is 22.8 Å². The van der Waals surface area contributed by atoms with Crippen LogP contribution in [0.3, 0.4) is 0 Å². The molecule has 4 aromatic heterocycles. The Balaban J connectivity index is 1.33. The van der Waals surface area contributed by atoms with Gasteiger partial charge in [-0.25, -0.2) is 29.7 Å². The number of hydrogen-bond acceptors (Lipinski definition) is 9. The van der Waals surface area contributed by atoms with Gasteiger partial charge in [-0.1, -0.05) is 5.92 Å². The number of carbonyl (C=O) groups excluding carboxylic acids is 1. The molecule has 0 atom stereocenters. The Morgan fingerprint density at radius 1 is 1.05 bits per heavy atom. The molecule has 11 nitrogen and oxygen atoms in total. The zero-order chi connectivity index (χ0) is 25.8. The number of ether oxygens (including phenoxy) is 1. The van der Waals surface area contributed by atoms with Crippen molar-refractivity contribution in [2.75, 3.05) is 5.32 Å². The predicted molar refractivity (Wildman–Crippen MR) is 136 cm³/mol. The van der Waals surface area contributed by atoms with E-state index in [0.29, 0.717) is 35.2 Å². The first kappa shape index (κ1) is 23.6. The van der Waals surface area contributed by atoms with Crippen LogP contribution < -0.4 is 5.32 Å². The molecule has 0 saturated carbocycles. The van der Waals surface area contributed by atoms with Crippen molar-refractivity contribution in [3.8, 4) is 23.4 Å². The Bertz CT molecular complexity index is 1620. The minimum absolute atomic E-state index is 0.435. The number of nitrogens with one attached hydrogen (secondary N) is 2. The van der Waals surface area contributed by atoms with E-state index >= 15 is 0 Å². The molecular formula is C26H23N9O2. The van der Waals surface area contributed by atoms with Crippen molar-refractivity contribution >= 4 is 22.9 Å². The van der Waals surface area contributed by atoms with Crippen molar-refractivity contribution in [3.63, 3.8) is 0 Å². The first-order valence-corrected chi connectivity index (χ1v) is 11.5. The third kappa shape index (κ3) is 5.76. The lowest BCUT2D eigenvalue weighted by atomic mass is 10.1. The van der Waals surface area contributed by atoms with Gasteiger partial charge in [-0.3, -0.25) is 0 Å². The number of carbonyl (C=O) groups is 1. The van der Waals surface area contributed by atoms with Gasteiger partial charge in [0.2, 0.25) is 5.95 Å². The molecule has 0 aliphatic carbocycles. The van der Waals surface area contributed by atoms with Crippen LogP contribution in [0.15, 0.2) is 61.3 Å². The molecule has 0 aliphatic rings. The first-order chi connectivity index (χ1) is 17.8. The quantitative estimate of drug-likeness (QED) is 0.358.